The highest BCUT2D eigenvalue weighted by Gasteiger charge is 2.35. The molecule has 0 aliphatic heterocycles. The van der Waals surface area contributed by atoms with Crippen molar-refractivity contribution in [3.8, 4) is 11.5 Å². The molecule has 1 N–H and O–H groups in total. The van der Waals surface area contributed by atoms with Crippen LogP contribution in [0.2, 0.25) is 0 Å². The van der Waals surface area contributed by atoms with E-state index in [0.717, 1.165) is 41.1 Å². The van der Waals surface area contributed by atoms with E-state index in [2.05, 4.69) is 5.32 Å². The lowest BCUT2D eigenvalue weighted by atomic mass is 10.0. The number of methoxy groups -OCH3 is 2. The van der Waals surface area contributed by atoms with E-state index in [1.807, 2.05) is 48.5 Å². The molecular weight excluding hydrogens is 614 g/mol. The number of hydrogen-bond acceptors (Lipinski definition) is 6. The van der Waals surface area contributed by atoms with Gasteiger partial charge in [-0.1, -0.05) is 79.6 Å². The number of amides is 2. The fourth-order valence-electron chi connectivity index (χ4n) is 5.90. The minimum Gasteiger partial charge on any atom is -0.497 e. The van der Waals surface area contributed by atoms with E-state index < -0.39 is 28.5 Å². The first-order valence-electron chi connectivity index (χ1n) is 15.8. The van der Waals surface area contributed by atoms with Crippen LogP contribution in [0.4, 0.5) is 5.69 Å². The second kappa shape index (κ2) is 15.6. The van der Waals surface area contributed by atoms with Gasteiger partial charge in [0, 0.05) is 25.1 Å². The van der Waals surface area contributed by atoms with Crippen molar-refractivity contribution in [2.45, 2.75) is 55.6 Å². The topological polar surface area (TPSA) is 105 Å². The molecule has 1 aliphatic rings. The summed E-state index contributed by atoms with van der Waals surface area (Å²) in [6.07, 6.45) is 4.08. The molecule has 5 rings (SSSR count). The first kappa shape index (κ1) is 33.5. The number of rotatable bonds is 14. The standard InChI is InChI=1S/C37H41N3O6S/c1-45-32-19-11-15-29(23-32)26-39(35(24-28-13-5-3-6-14-28)37(42)38-30-16-9-10-17-30)36(41)27-40(31-18-12-20-33(25-31)46-2)47(43,44)34-21-7-4-8-22-34/h3-8,11-15,18-23,25,30,35H,9-10,16-17,24,26-27H2,1-2H3,(H,38,42)/t35-/m0/s1. The van der Waals surface area contributed by atoms with Gasteiger partial charge in [0.05, 0.1) is 24.8 Å². The molecule has 1 aliphatic carbocycles. The average molecular weight is 656 g/mol. The lowest BCUT2D eigenvalue weighted by Gasteiger charge is -2.34. The van der Waals surface area contributed by atoms with Crippen LogP contribution in [0.25, 0.3) is 0 Å². The van der Waals surface area contributed by atoms with Crippen molar-refractivity contribution in [2.75, 3.05) is 25.1 Å². The van der Waals surface area contributed by atoms with Crippen LogP contribution in [-0.4, -0.2) is 58.0 Å². The Morgan fingerprint density at radius 3 is 2.04 bits per heavy atom. The molecule has 0 aromatic heterocycles. The number of sulfonamides is 1. The van der Waals surface area contributed by atoms with E-state index >= 15 is 0 Å². The molecule has 0 heterocycles. The maximum absolute atomic E-state index is 14.7. The molecule has 0 unspecified atom stereocenters. The fourth-order valence-corrected chi connectivity index (χ4v) is 7.33. The highest BCUT2D eigenvalue weighted by Crippen LogP contribution is 2.28. The zero-order valence-electron chi connectivity index (χ0n) is 26.7. The smallest absolute Gasteiger partial charge is 0.264 e. The van der Waals surface area contributed by atoms with E-state index in [0.29, 0.717) is 11.5 Å². The third kappa shape index (κ3) is 8.51. The van der Waals surface area contributed by atoms with Gasteiger partial charge in [-0.3, -0.25) is 13.9 Å². The lowest BCUT2D eigenvalue weighted by molar-refractivity contribution is -0.140. The van der Waals surface area contributed by atoms with Crippen molar-refractivity contribution in [1.82, 2.24) is 10.2 Å². The zero-order valence-corrected chi connectivity index (χ0v) is 27.6. The van der Waals surface area contributed by atoms with Crippen molar-refractivity contribution >= 4 is 27.5 Å². The van der Waals surface area contributed by atoms with Gasteiger partial charge in [0.25, 0.3) is 10.0 Å². The molecule has 0 radical (unpaired) electrons. The van der Waals surface area contributed by atoms with Crippen LogP contribution in [-0.2, 0) is 32.6 Å². The molecule has 1 saturated carbocycles. The van der Waals surface area contributed by atoms with Gasteiger partial charge in [-0.05, 0) is 60.4 Å². The van der Waals surface area contributed by atoms with E-state index in [1.165, 1.54) is 24.1 Å². The molecule has 246 valence electrons. The summed E-state index contributed by atoms with van der Waals surface area (Å²) in [5, 5.41) is 3.19. The number of hydrogen-bond donors (Lipinski definition) is 1. The lowest BCUT2D eigenvalue weighted by Crippen LogP contribution is -2.54. The number of carbonyl (C=O) groups is 2. The van der Waals surface area contributed by atoms with Crippen LogP contribution in [0.3, 0.4) is 0 Å². The second-order valence-corrected chi connectivity index (χ2v) is 13.5. The summed E-state index contributed by atoms with van der Waals surface area (Å²) in [4.78, 5) is 30.3. The van der Waals surface area contributed by atoms with Crippen LogP contribution in [0.1, 0.15) is 36.8 Å². The summed E-state index contributed by atoms with van der Waals surface area (Å²) >= 11 is 0. The Balaban J connectivity index is 1.58. The zero-order chi connectivity index (χ0) is 33.2. The predicted octanol–water partition coefficient (Wildman–Crippen LogP) is 5.60. The van der Waals surface area contributed by atoms with Crippen LogP contribution >= 0.6 is 0 Å². The van der Waals surface area contributed by atoms with Gasteiger partial charge in [-0.25, -0.2) is 8.42 Å². The summed E-state index contributed by atoms with van der Waals surface area (Å²) in [6, 6.07) is 30.5. The Labute approximate surface area is 277 Å². The maximum Gasteiger partial charge on any atom is 0.264 e. The molecule has 1 fully saturated rings. The molecule has 0 bridgehead atoms. The Morgan fingerprint density at radius 1 is 0.787 bits per heavy atom. The summed E-state index contributed by atoms with van der Waals surface area (Å²) in [6.45, 7) is -0.487. The Morgan fingerprint density at radius 2 is 1.38 bits per heavy atom. The Bertz CT molecular complexity index is 1740. The van der Waals surface area contributed by atoms with Crippen molar-refractivity contribution < 1.29 is 27.5 Å². The van der Waals surface area contributed by atoms with Crippen LogP contribution < -0.4 is 19.1 Å². The van der Waals surface area contributed by atoms with E-state index in [-0.39, 0.29) is 35.5 Å². The maximum atomic E-state index is 14.7. The van der Waals surface area contributed by atoms with Crippen LogP contribution in [0.5, 0.6) is 11.5 Å². The van der Waals surface area contributed by atoms with Crippen LogP contribution in [0, 0.1) is 0 Å². The quantitative estimate of drug-likeness (QED) is 0.190. The van der Waals surface area contributed by atoms with E-state index in [1.54, 1.807) is 55.6 Å². The number of benzene rings is 4. The molecule has 4 aromatic carbocycles. The average Bonchev–Trinajstić information content (AvgIpc) is 3.62. The molecule has 10 heteroatoms. The number of nitrogens with one attached hydrogen (secondary N) is 1. The number of ether oxygens (including phenoxy) is 2. The van der Waals surface area contributed by atoms with Gasteiger partial charge < -0.3 is 19.7 Å². The molecule has 47 heavy (non-hydrogen) atoms. The Hall–Kier alpha value is -4.83. The molecule has 0 saturated heterocycles. The van der Waals surface area contributed by atoms with Crippen molar-refractivity contribution in [2.24, 2.45) is 0 Å². The van der Waals surface area contributed by atoms with E-state index in [9.17, 15) is 18.0 Å². The molecule has 0 spiro atoms. The third-order valence-electron chi connectivity index (χ3n) is 8.41. The highest BCUT2D eigenvalue weighted by atomic mass is 32.2. The van der Waals surface area contributed by atoms with Crippen molar-refractivity contribution in [1.29, 1.82) is 0 Å². The normalized spacial score (nSPS) is 13.8. The summed E-state index contributed by atoms with van der Waals surface area (Å²) in [7, 11) is -1.15. The Kier molecular flexibility index (Phi) is 11.2. The number of carbonyl (C=O) groups excluding carboxylic acids is 2. The molecular formula is C37H41N3O6S. The molecule has 4 aromatic rings. The second-order valence-electron chi connectivity index (χ2n) is 11.6. The first-order chi connectivity index (χ1) is 22.8. The minimum atomic E-state index is -4.20. The molecule has 9 nitrogen and oxygen atoms in total. The number of nitrogens with zero attached hydrogens (tertiary/aromatic N) is 2. The third-order valence-corrected chi connectivity index (χ3v) is 10.2. The van der Waals surface area contributed by atoms with Gasteiger partial charge in [0.2, 0.25) is 11.8 Å². The monoisotopic (exact) mass is 655 g/mol. The van der Waals surface area contributed by atoms with Gasteiger partial charge in [-0.2, -0.15) is 0 Å². The molecule has 1 atom stereocenters. The summed E-state index contributed by atoms with van der Waals surface area (Å²) in [5.41, 5.74) is 1.88. The van der Waals surface area contributed by atoms with Crippen LogP contribution in [0.15, 0.2) is 114 Å². The number of anilines is 1. The summed E-state index contributed by atoms with van der Waals surface area (Å²) < 4.78 is 40.3. The first-order valence-corrected chi connectivity index (χ1v) is 17.2. The highest BCUT2D eigenvalue weighted by molar-refractivity contribution is 7.92. The summed E-state index contributed by atoms with van der Waals surface area (Å²) in [5.74, 6) is 0.248. The van der Waals surface area contributed by atoms with Gasteiger partial charge in [0.15, 0.2) is 0 Å². The fraction of sp³-hybridized carbons (Fsp3) is 0.297. The van der Waals surface area contributed by atoms with Gasteiger partial charge >= 0.3 is 0 Å². The predicted molar refractivity (Wildman–Crippen MR) is 182 cm³/mol. The van der Waals surface area contributed by atoms with Gasteiger partial charge in [-0.15, -0.1) is 0 Å². The largest absolute Gasteiger partial charge is 0.497 e. The molecule has 2 amide bonds. The SMILES string of the molecule is COc1cccc(CN(C(=O)CN(c2cccc(OC)c2)S(=O)(=O)c2ccccc2)[C@@H](Cc2ccccc2)C(=O)NC2CCCC2)c1. The van der Waals surface area contributed by atoms with Gasteiger partial charge in [0.1, 0.15) is 24.1 Å². The van der Waals surface area contributed by atoms with Crippen molar-refractivity contribution in [3.63, 3.8) is 0 Å². The van der Waals surface area contributed by atoms with E-state index in [4.69, 9.17) is 9.47 Å². The minimum absolute atomic E-state index is 0.0290. The van der Waals surface area contributed by atoms with Crippen molar-refractivity contribution in [3.05, 3.63) is 120 Å².